The second-order valence-corrected chi connectivity index (χ2v) is 8.66. The largest absolute Gasteiger partial charge is 0.497 e. The van der Waals surface area contributed by atoms with Crippen molar-refractivity contribution in [3.63, 3.8) is 0 Å². The maximum Gasteiger partial charge on any atom is 0.341 e. The van der Waals surface area contributed by atoms with Crippen LogP contribution in [0.25, 0.3) is 0 Å². The Bertz CT molecular complexity index is 994. The van der Waals surface area contributed by atoms with E-state index >= 15 is 0 Å². The van der Waals surface area contributed by atoms with Crippen LogP contribution in [0.4, 0.5) is 0 Å². The van der Waals surface area contributed by atoms with Gasteiger partial charge in [0.05, 0.1) is 12.7 Å². The minimum absolute atomic E-state index is 0.0301. The van der Waals surface area contributed by atoms with Gasteiger partial charge in [0.1, 0.15) is 11.4 Å². The number of methoxy groups -OCH3 is 1. The number of hydrogen-bond donors (Lipinski definition) is 1. The van der Waals surface area contributed by atoms with Crippen molar-refractivity contribution in [2.24, 2.45) is 5.92 Å². The fourth-order valence-electron chi connectivity index (χ4n) is 5.26. The van der Waals surface area contributed by atoms with E-state index in [1.54, 1.807) is 19.5 Å². The molecule has 0 bridgehead atoms. The van der Waals surface area contributed by atoms with Gasteiger partial charge in [0, 0.05) is 29.9 Å². The van der Waals surface area contributed by atoms with Crippen LogP contribution in [-0.2, 0) is 28.0 Å². The topological polar surface area (TPSA) is 77.5 Å². The van der Waals surface area contributed by atoms with Gasteiger partial charge in [-0.25, -0.2) is 4.79 Å². The van der Waals surface area contributed by atoms with Crippen LogP contribution >= 0.6 is 0 Å². The summed E-state index contributed by atoms with van der Waals surface area (Å²) in [4.78, 5) is 29.2. The molecule has 2 heterocycles. The first kappa shape index (κ1) is 19.1. The summed E-state index contributed by atoms with van der Waals surface area (Å²) in [6, 6.07) is 8.25. The number of pyridine rings is 1. The van der Waals surface area contributed by atoms with E-state index in [4.69, 9.17) is 9.47 Å². The molecule has 3 aliphatic rings. The van der Waals surface area contributed by atoms with Crippen molar-refractivity contribution in [1.82, 2.24) is 10.3 Å². The number of aryl methyl sites for hydroxylation is 1. The minimum atomic E-state index is -0.574. The zero-order chi connectivity index (χ0) is 20.7. The normalized spacial score (nSPS) is 27.2. The molecule has 0 radical (unpaired) electrons. The fraction of sp³-hybridized carbons (Fsp3) is 0.458. The van der Waals surface area contributed by atoms with E-state index in [0.717, 1.165) is 43.4 Å². The number of benzene rings is 1. The van der Waals surface area contributed by atoms with Crippen LogP contribution in [0.3, 0.4) is 0 Å². The molecule has 1 aliphatic heterocycles. The number of nitrogens with zero attached hydrogens (tertiary/aromatic N) is 1. The molecule has 2 aliphatic carbocycles. The highest BCUT2D eigenvalue weighted by molar-refractivity contribution is 5.94. The zero-order valence-electron chi connectivity index (χ0n) is 17.1. The molecule has 6 heteroatoms. The highest BCUT2D eigenvalue weighted by atomic mass is 16.6. The Labute approximate surface area is 176 Å². The number of ether oxygens (including phenoxy) is 2. The van der Waals surface area contributed by atoms with Crippen molar-refractivity contribution in [3.05, 3.63) is 58.9 Å². The van der Waals surface area contributed by atoms with Gasteiger partial charge >= 0.3 is 5.97 Å². The SMILES string of the molecule is COc1ccc2c(c1)CCC(NC(=O)C1CCC3(CC1)OC(=O)c1cnccc13)C2. The van der Waals surface area contributed by atoms with Crippen LogP contribution in [0.5, 0.6) is 5.75 Å². The van der Waals surface area contributed by atoms with Crippen LogP contribution in [0.1, 0.15) is 59.2 Å². The lowest BCUT2D eigenvalue weighted by atomic mass is 9.75. The van der Waals surface area contributed by atoms with E-state index in [9.17, 15) is 9.59 Å². The quantitative estimate of drug-likeness (QED) is 0.792. The van der Waals surface area contributed by atoms with Crippen molar-refractivity contribution >= 4 is 11.9 Å². The van der Waals surface area contributed by atoms with E-state index in [2.05, 4.69) is 22.4 Å². The molecule has 0 saturated heterocycles. The van der Waals surface area contributed by atoms with Crippen molar-refractivity contribution < 1.29 is 19.1 Å². The lowest BCUT2D eigenvalue weighted by molar-refractivity contribution is -0.128. The Balaban J connectivity index is 1.20. The Kier molecular flexibility index (Phi) is 4.72. The molecule has 5 rings (SSSR count). The number of fused-ring (bicyclic) bond motifs is 3. The Hall–Kier alpha value is -2.89. The van der Waals surface area contributed by atoms with Gasteiger partial charge in [0.15, 0.2) is 0 Å². The Morgan fingerprint density at radius 1 is 1.20 bits per heavy atom. The molecule has 1 fully saturated rings. The molecule has 1 aromatic heterocycles. The predicted octanol–water partition coefficient (Wildman–Crippen LogP) is 3.32. The molecule has 156 valence electrons. The maximum atomic E-state index is 12.9. The lowest BCUT2D eigenvalue weighted by Gasteiger charge is -2.36. The summed E-state index contributed by atoms with van der Waals surface area (Å²) in [5.74, 6) is 0.694. The monoisotopic (exact) mass is 406 g/mol. The molecule has 1 unspecified atom stereocenters. The van der Waals surface area contributed by atoms with Gasteiger partial charge in [0.2, 0.25) is 5.91 Å². The van der Waals surface area contributed by atoms with Crippen molar-refractivity contribution in [2.75, 3.05) is 7.11 Å². The van der Waals surface area contributed by atoms with Crippen LogP contribution in [-0.4, -0.2) is 30.0 Å². The van der Waals surface area contributed by atoms with Crippen molar-refractivity contribution in [2.45, 2.75) is 56.6 Å². The van der Waals surface area contributed by atoms with E-state index in [-0.39, 0.29) is 23.8 Å². The van der Waals surface area contributed by atoms with Crippen molar-refractivity contribution in [1.29, 1.82) is 0 Å². The fourth-order valence-corrected chi connectivity index (χ4v) is 5.26. The van der Waals surface area contributed by atoms with Gasteiger partial charge in [-0.05, 0) is 74.3 Å². The summed E-state index contributed by atoms with van der Waals surface area (Å²) in [6.07, 6.45) is 8.86. The Morgan fingerprint density at radius 2 is 2.03 bits per heavy atom. The number of aromatic nitrogens is 1. The van der Waals surface area contributed by atoms with Gasteiger partial charge in [-0.3, -0.25) is 9.78 Å². The molecular weight excluding hydrogens is 380 g/mol. The number of carbonyl (C=O) groups is 2. The third kappa shape index (κ3) is 3.24. The first-order valence-corrected chi connectivity index (χ1v) is 10.7. The van der Waals surface area contributed by atoms with E-state index in [1.165, 1.54) is 11.1 Å². The van der Waals surface area contributed by atoms with Crippen LogP contribution in [0.2, 0.25) is 0 Å². The third-order valence-electron chi connectivity index (χ3n) is 6.97. The van der Waals surface area contributed by atoms with Crippen LogP contribution < -0.4 is 10.1 Å². The average molecular weight is 406 g/mol. The number of esters is 1. The van der Waals surface area contributed by atoms with Crippen LogP contribution in [0, 0.1) is 5.92 Å². The number of amides is 1. The minimum Gasteiger partial charge on any atom is -0.497 e. The second-order valence-electron chi connectivity index (χ2n) is 8.66. The summed E-state index contributed by atoms with van der Waals surface area (Å²) in [6.45, 7) is 0. The molecule has 1 atom stereocenters. The first-order chi connectivity index (χ1) is 14.6. The third-order valence-corrected chi connectivity index (χ3v) is 6.97. The lowest BCUT2D eigenvalue weighted by Crippen LogP contribution is -2.44. The molecule has 1 amide bonds. The second kappa shape index (κ2) is 7.42. The molecular formula is C24H26N2O4. The number of rotatable bonds is 3. The van der Waals surface area contributed by atoms with Gasteiger partial charge in [-0.2, -0.15) is 0 Å². The van der Waals surface area contributed by atoms with Gasteiger partial charge < -0.3 is 14.8 Å². The van der Waals surface area contributed by atoms with Gasteiger partial charge in [-0.1, -0.05) is 6.07 Å². The van der Waals surface area contributed by atoms with E-state index in [0.29, 0.717) is 18.4 Å². The Morgan fingerprint density at radius 3 is 2.83 bits per heavy atom. The predicted molar refractivity (Wildman–Crippen MR) is 110 cm³/mol. The molecule has 2 aromatic rings. The molecule has 6 nitrogen and oxygen atoms in total. The highest BCUT2D eigenvalue weighted by Crippen LogP contribution is 2.47. The maximum absolute atomic E-state index is 12.9. The van der Waals surface area contributed by atoms with Gasteiger partial charge in [-0.15, -0.1) is 0 Å². The number of carbonyl (C=O) groups excluding carboxylic acids is 2. The van der Waals surface area contributed by atoms with Crippen LogP contribution in [0.15, 0.2) is 36.7 Å². The van der Waals surface area contributed by atoms with Gasteiger partial charge in [0.25, 0.3) is 0 Å². The summed E-state index contributed by atoms with van der Waals surface area (Å²) in [5, 5.41) is 3.28. The molecule has 1 aromatic carbocycles. The number of hydrogen-bond acceptors (Lipinski definition) is 5. The zero-order valence-corrected chi connectivity index (χ0v) is 17.1. The molecule has 30 heavy (non-hydrogen) atoms. The summed E-state index contributed by atoms with van der Waals surface area (Å²) < 4.78 is 11.1. The molecule has 1 spiro atoms. The smallest absolute Gasteiger partial charge is 0.341 e. The summed E-state index contributed by atoms with van der Waals surface area (Å²) >= 11 is 0. The molecule has 1 N–H and O–H groups in total. The number of nitrogens with one attached hydrogen (secondary N) is 1. The first-order valence-electron chi connectivity index (χ1n) is 10.7. The average Bonchev–Trinajstić information content (AvgIpc) is 3.05. The highest BCUT2D eigenvalue weighted by Gasteiger charge is 2.48. The standard InChI is InChI=1S/C24H26N2O4/c1-29-19-5-3-16-12-18(4-2-17(16)13-19)26-22(27)15-6-9-24(10-7-15)21-8-11-25-14-20(21)23(28)30-24/h3,5,8,11,13-15,18H,2,4,6-7,9-10,12H2,1H3,(H,26,27). The molecule has 1 saturated carbocycles. The van der Waals surface area contributed by atoms with E-state index < -0.39 is 5.60 Å². The van der Waals surface area contributed by atoms with Crippen molar-refractivity contribution in [3.8, 4) is 5.75 Å². The van der Waals surface area contributed by atoms with E-state index in [1.807, 2.05) is 12.1 Å². The summed E-state index contributed by atoms with van der Waals surface area (Å²) in [7, 11) is 1.68. The summed E-state index contributed by atoms with van der Waals surface area (Å²) in [5.41, 5.74) is 3.53.